The van der Waals surface area contributed by atoms with Crippen molar-refractivity contribution < 1.29 is 14.8 Å². The number of hydrogen-bond donors (Lipinski definition) is 4. The van der Waals surface area contributed by atoms with Gasteiger partial charge in [0.15, 0.2) is 0 Å². The summed E-state index contributed by atoms with van der Waals surface area (Å²) < 4.78 is 2.88. The summed E-state index contributed by atoms with van der Waals surface area (Å²) in [4.78, 5) is 27.0. The minimum atomic E-state index is -0.639. The zero-order chi connectivity index (χ0) is 24.0. The average Bonchev–Trinajstić information content (AvgIpc) is 3.19. The van der Waals surface area contributed by atoms with Gasteiger partial charge in [0.05, 0.1) is 16.6 Å². The van der Waals surface area contributed by atoms with Gasteiger partial charge in [0.25, 0.3) is 5.91 Å². The Morgan fingerprint density at radius 3 is 2.64 bits per heavy atom. The van der Waals surface area contributed by atoms with Gasteiger partial charge in [-0.1, -0.05) is 28.1 Å². The molecule has 0 radical (unpaired) electrons. The largest absolute Gasteiger partial charge is 0.392 e. The van der Waals surface area contributed by atoms with Gasteiger partial charge in [0.2, 0.25) is 5.82 Å². The van der Waals surface area contributed by atoms with Gasteiger partial charge >= 0.3 is 5.69 Å². The molecule has 174 valence electrons. The number of nitrogens with two attached hydrogens (primary N) is 1. The number of nitrogens with zero attached hydrogens (tertiary/aromatic N) is 3. The number of nitrogen functional groups attached to an aromatic ring is 1. The fraction of sp³-hybridized carbons (Fsp3) is 0.273. The normalized spacial score (nSPS) is 11.7. The number of hydrogen-bond acceptors (Lipinski definition) is 7. The third-order valence-corrected chi connectivity index (χ3v) is 5.36. The lowest BCUT2D eigenvalue weighted by Gasteiger charge is -2.08. The Morgan fingerprint density at radius 2 is 2.00 bits per heavy atom. The number of pyridine rings is 1. The Balaban J connectivity index is 1.68. The Bertz CT molecular complexity index is 1130. The molecule has 11 heteroatoms. The first-order chi connectivity index (χ1) is 15.7. The summed E-state index contributed by atoms with van der Waals surface area (Å²) in [5.41, 5.74) is 7.62. The number of carbonyl (C=O) groups is 1. The number of halogens is 1. The molecular weight excluding hydrogens is 492 g/mol. The molecule has 3 aromatic rings. The standard InChI is InChI=1S/C22H25BrN6O4/c1-14(30)11-26-22(31)18-13-28(12-17(18)15-3-5-16(23)6-4-15)10-2-9-25-20-8-7-19(29(32)33)21(24)27-20/h3-8,12-14,30H,2,9-11H2,1H3,(H,26,31)(H3,24,25,27)/t14-/m0/s1. The number of anilines is 2. The second-order valence-electron chi connectivity index (χ2n) is 7.53. The van der Waals surface area contributed by atoms with Crippen molar-refractivity contribution in [1.82, 2.24) is 14.9 Å². The van der Waals surface area contributed by atoms with E-state index in [2.05, 4.69) is 31.5 Å². The quantitative estimate of drug-likeness (QED) is 0.183. The molecule has 2 aromatic heterocycles. The van der Waals surface area contributed by atoms with Crippen LogP contribution in [0.4, 0.5) is 17.3 Å². The summed E-state index contributed by atoms with van der Waals surface area (Å²) in [6, 6.07) is 10.5. The minimum Gasteiger partial charge on any atom is -0.392 e. The fourth-order valence-electron chi connectivity index (χ4n) is 3.21. The topological polar surface area (TPSA) is 148 Å². The summed E-state index contributed by atoms with van der Waals surface area (Å²) in [7, 11) is 0. The van der Waals surface area contributed by atoms with Gasteiger partial charge in [-0.25, -0.2) is 4.98 Å². The number of aliphatic hydroxyl groups excluding tert-OH is 1. The third kappa shape index (κ3) is 6.53. The minimum absolute atomic E-state index is 0.137. The predicted octanol–water partition coefficient (Wildman–Crippen LogP) is 3.42. The van der Waals surface area contributed by atoms with Crippen LogP contribution in [0.5, 0.6) is 0 Å². The molecule has 5 N–H and O–H groups in total. The third-order valence-electron chi connectivity index (χ3n) is 4.84. The number of nitro groups is 1. The van der Waals surface area contributed by atoms with Crippen molar-refractivity contribution in [3.8, 4) is 11.1 Å². The molecule has 3 rings (SSSR count). The number of benzene rings is 1. The summed E-state index contributed by atoms with van der Waals surface area (Å²) >= 11 is 3.42. The van der Waals surface area contributed by atoms with Gasteiger partial charge in [0, 0.05) is 48.1 Å². The summed E-state index contributed by atoms with van der Waals surface area (Å²) in [5.74, 6) is 0.0676. The van der Waals surface area contributed by atoms with Crippen molar-refractivity contribution in [3.63, 3.8) is 0 Å². The molecule has 0 aliphatic heterocycles. The number of aryl methyl sites for hydroxylation is 1. The van der Waals surface area contributed by atoms with E-state index in [9.17, 15) is 20.0 Å². The van der Waals surface area contributed by atoms with Gasteiger partial charge < -0.3 is 26.0 Å². The van der Waals surface area contributed by atoms with Crippen LogP contribution in [0.1, 0.15) is 23.7 Å². The highest BCUT2D eigenvalue weighted by Crippen LogP contribution is 2.27. The zero-order valence-corrected chi connectivity index (χ0v) is 19.6. The molecule has 10 nitrogen and oxygen atoms in total. The molecule has 0 spiro atoms. The highest BCUT2D eigenvalue weighted by Gasteiger charge is 2.17. The number of amides is 1. The van der Waals surface area contributed by atoms with Crippen molar-refractivity contribution in [3.05, 3.63) is 68.9 Å². The number of aliphatic hydroxyl groups is 1. The van der Waals surface area contributed by atoms with E-state index in [1.165, 1.54) is 12.1 Å². The van der Waals surface area contributed by atoms with Gasteiger partial charge in [-0.2, -0.15) is 0 Å². The van der Waals surface area contributed by atoms with Gasteiger partial charge in [-0.15, -0.1) is 0 Å². The summed E-state index contributed by atoms with van der Waals surface area (Å²) in [6.45, 7) is 2.96. The van der Waals surface area contributed by atoms with E-state index in [-0.39, 0.29) is 24.0 Å². The average molecular weight is 517 g/mol. The molecule has 0 saturated heterocycles. The van der Waals surface area contributed by atoms with Crippen LogP contribution in [0.25, 0.3) is 11.1 Å². The van der Waals surface area contributed by atoms with E-state index in [1.807, 2.05) is 35.0 Å². The zero-order valence-electron chi connectivity index (χ0n) is 18.0. The van der Waals surface area contributed by atoms with Crippen LogP contribution >= 0.6 is 15.9 Å². The second kappa shape index (κ2) is 10.9. The molecule has 1 aromatic carbocycles. The molecule has 0 fully saturated rings. The van der Waals surface area contributed by atoms with Gasteiger partial charge in [-0.3, -0.25) is 14.9 Å². The highest BCUT2D eigenvalue weighted by atomic mass is 79.9. The van der Waals surface area contributed by atoms with Crippen molar-refractivity contribution >= 4 is 39.2 Å². The van der Waals surface area contributed by atoms with E-state index in [0.29, 0.717) is 30.9 Å². The molecule has 0 saturated carbocycles. The van der Waals surface area contributed by atoms with Crippen LogP contribution in [0.15, 0.2) is 53.3 Å². The van der Waals surface area contributed by atoms with Crippen LogP contribution in [-0.2, 0) is 6.54 Å². The van der Waals surface area contributed by atoms with Crippen molar-refractivity contribution in [2.45, 2.75) is 26.0 Å². The van der Waals surface area contributed by atoms with E-state index < -0.39 is 11.0 Å². The first-order valence-electron chi connectivity index (χ1n) is 10.3. The van der Waals surface area contributed by atoms with Crippen molar-refractivity contribution in [2.75, 3.05) is 24.1 Å². The van der Waals surface area contributed by atoms with Crippen LogP contribution in [0.2, 0.25) is 0 Å². The molecular formula is C22H25BrN6O4. The van der Waals surface area contributed by atoms with E-state index in [1.54, 1.807) is 13.1 Å². The van der Waals surface area contributed by atoms with Gasteiger partial charge in [-0.05, 0) is 37.1 Å². The molecule has 2 heterocycles. The molecule has 0 aliphatic carbocycles. The molecule has 0 unspecified atom stereocenters. The smallest absolute Gasteiger partial charge is 0.311 e. The Hall–Kier alpha value is -3.44. The SMILES string of the molecule is C[C@H](O)CNC(=O)c1cn(CCCNc2ccc([N+](=O)[O-])c(N)n2)cc1-c1ccc(Br)cc1. The molecule has 33 heavy (non-hydrogen) atoms. The fourth-order valence-corrected chi connectivity index (χ4v) is 3.48. The lowest BCUT2D eigenvalue weighted by Crippen LogP contribution is -2.30. The lowest BCUT2D eigenvalue weighted by atomic mass is 10.0. The van der Waals surface area contributed by atoms with Crippen LogP contribution in [-0.4, -0.2) is 44.7 Å². The van der Waals surface area contributed by atoms with Crippen molar-refractivity contribution in [2.24, 2.45) is 0 Å². The lowest BCUT2D eigenvalue weighted by molar-refractivity contribution is -0.384. The molecule has 1 atom stereocenters. The molecule has 0 aliphatic rings. The van der Waals surface area contributed by atoms with E-state index in [4.69, 9.17) is 5.73 Å². The second-order valence-corrected chi connectivity index (χ2v) is 8.44. The van der Waals surface area contributed by atoms with E-state index in [0.717, 1.165) is 15.6 Å². The molecule has 0 bridgehead atoms. The van der Waals surface area contributed by atoms with E-state index >= 15 is 0 Å². The first kappa shape index (κ1) is 24.2. The van der Waals surface area contributed by atoms with Gasteiger partial charge in [0.1, 0.15) is 5.82 Å². The maximum absolute atomic E-state index is 12.7. The Labute approximate surface area is 199 Å². The van der Waals surface area contributed by atoms with Crippen LogP contribution in [0.3, 0.4) is 0 Å². The van der Waals surface area contributed by atoms with Crippen molar-refractivity contribution in [1.29, 1.82) is 0 Å². The first-order valence-corrected chi connectivity index (χ1v) is 11.1. The monoisotopic (exact) mass is 516 g/mol. The maximum atomic E-state index is 12.7. The Morgan fingerprint density at radius 1 is 1.27 bits per heavy atom. The number of aromatic nitrogens is 2. The number of carbonyl (C=O) groups excluding carboxylic acids is 1. The maximum Gasteiger partial charge on any atom is 0.311 e. The Kier molecular flexibility index (Phi) is 8.01. The predicted molar refractivity (Wildman–Crippen MR) is 130 cm³/mol. The van der Waals surface area contributed by atoms with Crippen LogP contribution < -0.4 is 16.4 Å². The highest BCUT2D eigenvalue weighted by molar-refractivity contribution is 9.10. The summed E-state index contributed by atoms with van der Waals surface area (Å²) in [6.07, 6.45) is 3.78. The summed E-state index contributed by atoms with van der Waals surface area (Å²) in [5, 5.41) is 26.2. The molecule has 1 amide bonds. The van der Waals surface area contributed by atoms with Crippen LogP contribution in [0, 0.1) is 10.1 Å². The number of nitrogens with one attached hydrogen (secondary N) is 2. The number of rotatable bonds is 10.